The zero-order valence-electron chi connectivity index (χ0n) is 17.2. The molecular formula is C20H31IN6O. The summed E-state index contributed by atoms with van der Waals surface area (Å²) < 4.78 is 7.75. The molecule has 0 amide bonds. The highest BCUT2D eigenvalue weighted by atomic mass is 127. The number of guanidine groups is 1. The number of halogens is 1. The molecule has 0 unspecified atom stereocenters. The molecule has 0 spiro atoms. The SMILES string of the molecule is CCCOc1ccc2c(c1)CCN(C(=NCc1nnc(C)n1C)NCC)C2.I. The second-order valence-electron chi connectivity index (χ2n) is 6.84. The lowest BCUT2D eigenvalue weighted by atomic mass is 9.99. The molecule has 0 aliphatic carbocycles. The van der Waals surface area contributed by atoms with E-state index in [1.807, 2.05) is 18.5 Å². The Morgan fingerprint density at radius 3 is 2.75 bits per heavy atom. The number of ether oxygens (including phenoxy) is 1. The van der Waals surface area contributed by atoms with Crippen molar-refractivity contribution in [3.63, 3.8) is 0 Å². The van der Waals surface area contributed by atoms with Gasteiger partial charge in [-0.1, -0.05) is 13.0 Å². The molecule has 1 aromatic heterocycles. The monoisotopic (exact) mass is 498 g/mol. The molecule has 1 aromatic carbocycles. The van der Waals surface area contributed by atoms with E-state index in [1.54, 1.807) is 0 Å². The first-order valence-corrected chi connectivity index (χ1v) is 9.75. The number of hydrogen-bond acceptors (Lipinski definition) is 4. The number of nitrogens with zero attached hydrogens (tertiary/aromatic N) is 5. The van der Waals surface area contributed by atoms with Crippen molar-refractivity contribution < 1.29 is 4.74 Å². The number of aryl methyl sites for hydroxylation is 1. The molecule has 28 heavy (non-hydrogen) atoms. The smallest absolute Gasteiger partial charge is 0.194 e. The van der Waals surface area contributed by atoms with Crippen LogP contribution in [0.15, 0.2) is 23.2 Å². The molecule has 7 nitrogen and oxygen atoms in total. The van der Waals surface area contributed by atoms with Crippen molar-refractivity contribution in [1.82, 2.24) is 25.0 Å². The summed E-state index contributed by atoms with van der Waals surface area (Å²) in [5, 5.41) is 11.7. The summed E-state index contributed by atoms with van der Waals surface area (Å²) in [6.45, 7) is 10.1. The average molecular weight is 498 g/mol. The maximum atomic E-state index is 5.77. The molecule has 154 valence electrons. The highest BCUT2D eigenvalue weighted by molar-refractivity contribution is 14.0. The van der Waals surface area contributed by atoms with Crippen LogP contribution in [0.5, 0.6) is 5.75 Å². The minimum Gasteiger partial charge on any atom is -0.494 e. The number of aliphatic imine (C=N–C) groups is 1. The first-order chi connectivity index (χ1) is 13.1. The fourth-order valence-corrected chi connectivity index (χ4v) is 3.18. The first kappa shape index (κ1) is 22.4. The van der Waals surface area contributed by atoms with Crippen LogP contribution in [0, 0.1) is 6.92 Å². The second-order valence-corrected chi connectivity index (χ2v) is 6.84. The standard InChI is InChI=1S/C20H30N6O.HI/c1-5-11-27-18-8-7-17-14-26(10-9-16(17)12-18)20(21-6-2)22-13-19-24-23-15(3)25(19)4;/h7-8,12H,5-6,9-11,13-14H2,1-4H3,(H,21,22);1H. The highest BCUT2D eigenvalue weighted by Gasteiger charge is 2.20. The minimum atomic E-state index is 0. The Morgan fingerprint density at radius 2 is 2.07 bits per heavy atom. The third-order valence-electron chi connectivity index (χ3n) is 4.85. The lowest BCUT2D eigenvalue weighted by molar-refractivity contribution is 0.315. The fraction of sp³-hybridized carbons (Fsp3) is 0.550. The Balaban J connectivity index is 0.00000280. The van der Waals surface area contributed by atoms with E-state index in [0.717, 1.165) is 62.4 Å². The summed E-state index contributed by atoms with van der Waals surface area (Å²) >= 11 is 0. The molecule has 1 N–H and O–H groups in total. The van der Waals surface area contributed by atoms with Gasteiger partial charge in [-0.05, 0) is 49.9 Å². The van der Waals surface area contributed by atoms with Crippen LogP contribution in [0.2, 0.25) is 0 Å². The summed E-state index contributed by atoms with van der Waals surface area (Å²) in [4.78, 5) is 7.10. The van der Waals surface area contributed by atoms with Crippen LogP contribution >= 0.6 is 24.0 Å². The third-order valence-corrected chi connectivity index (χ3v) is 4.85. The first-order valence-electron chi connectivity index (χ1n) is 9.75. The maximum Gasteiger partial charge on any atom is 0.194 e. The Bertz CT molecular complexity index is 804. The number of aromatic nitrogens is 3. The predicted molar refractivity (Wildman–Crippen MR) is 122 cm³/mol. The molecule has 0 saturated heterocycles. The molecule has 2 aromatic rings. The second kappa shape index (κ2) is 10.6. The van der Waals surface area contributed by atoms with E-state index in [0.29, 0.717) is 6.54 Å². The molecule has 0 saturated carbocycles. The summed E-state index contributed by atoms with van der Waals surface area (Å²) in [6, 6.07) is 6.45. The maximum absolute atomic E-state index is 5.77. The van der Waals surface area contributed by atoms with Crippen LogP contribution in [0.1, 0.15) is 43.0 Å². The van der Waals surface area contributed by atoms with Crippen molar-refractivity contribution in [1.29, 1.82) is 0 Å². The van der Waals surface area contributed by atoms with Gasteiger partial charge in [0.2, 0.25) is 0 Å². The van der Waals surface area contributed by atoms with Crippen molar-refractivity contribution in [2.45, 2.75) is 46.7 Å². The van der Waals surface area contributed by atoms with Crippen molar-refractivity contribution in [3.8, 4) is 5.75 Å². The molecule has 0 bridgehead atoms. The van der Waals surface area contributed by atoms with Gasteiger partial charge in [-0.3, -0.25) is 0 Å². The largest absolute Gasteiger partial charge is 0.494 e. The van der Waals surface area contributed by atoms with Crippen molar-refractivity contribution in [2.24, 2.45) is 12.0 Å². The Kier molecular flexibility index (Phi) is 8.53. The lowest BCUT2D eigenvalue weighted by Gasteiger charge is -2.32. The summed E-state index contributed by atoms with van der Waals surface area (Å²) in [5.41, 5.74) is 2.71. The molecule has 2 heterocycles. The van der Waals surface area contributed by atoms with E-state index in [2.05, 4.69) is 52.5 Å². The number of nitrogens with one attached hydrogen (secondary N) is 1. The number of hydrogen-bond donors (Lipinski definition) is 1. The zero-order valence-corrected chi connectivity index (χ0v) is 19.6. The van der Waals surface area contributed by atoms with Crippen LogP contribution in [-0.4, -0.2) is 45.3 Å². The van der Waals surface area contributed by atoms with E-state index >= 15 is 0 Å². The summed E-state index contributed by atoms with van der Waals surface area (Å²) in [5.74, 6) is 3.67. The van der Waals surface area contributed by atoms with Gasteiger partial charge in [-0.15, -0.1) is 34.2 Å². The molecule has 1 aliphatic rings. The molecule has 8 heteroatoms. The molecule has 0 atom stereocenters. The van der Waals surface area contributed by atoms with Gasteiger partial charge in [-0.2, -0.15) is 0 Å². The van der Waals surface area contributed by atoms with Gasteiger partial charge in [0.05, 0.1) is 6.61 Å². The van der Waals surface area contributed by atoms with Crippen molar-refractivity contribution >= 4 is 29.9 Å². The topological polar surface area (TPSA) is 67.6 Å². The van der Waals surface area contributed by atoms with Gasteiger partial charge in [0, 0.05) is 26.7 Å². The molecule has 1 aliphatic heterocycles. The Morgan fingerprint density at radius 1 is 1.25 bits per heavy atom. The summed E-state index contributed by atoms with van der Waals surface area (Å²) in [6.07, 6.45) is 2.02. The third kappa shape index (κ3) is 5.36. The summed E-state index contributed by atoms with van der Waals surface area (Å²) in [7, 11) is 1.97. The van der Waals surface area contributed by atoms with Crippen LogP contribution in [0.3, 0.4) is 0 Å². The van der Waals surface area contributed by atoms with Crippen molar-refractivity contribution in [2.75, 3.05) is 19.7 Å². The zero-order chi connectivity index (χ0) is 19.2. The van der Waals surface area contributed by atoms with Crippen LogP contribution in [0.4, 0.5) is 0 Å². The Labute approximate surface area is 184 Å². The number of benzene rings is 1. The molecule has 3 rings (SSSR count). The highest BCUT2D eigenvalue weighted by Crippen LogP contribution is 2.24. The van der Waals surface area contributed by atoms with Crippen molar-refractivity contribution in [3.05, 3.63) is 41.0 Å². The van der Waals surface area contributed by atoms with E-state index in [-0.39, 0.29) is 24.0 Å². The molecule has 0 fully saturated rings. The minimum absolute atomic E-state index is 0. The normalized spacial score (nSPS) is 13.7. The quantitative estimate of drug-likeness (QED) is 0.377. The van der Waals surface area contributed by atoms with E-state index in [4.69, 9.17) is 9.73 Å². The average Bonchev–Trinajstić information content (AvgIpc) is 3.01. The molecule has 0 radical (unpaired) electrons. The lowest BCUT2D eigenvalue weighted by Crippen LogP contribution is -2.44. The van der Waals surface area contributed by atoms with Crippen LogP contribution < -0.4 is 10.1 Å². The fourth-order valence-electron chi connectivity index (χ4n) is 3.18. The van der Waals surface area contributed by atoms with E-state index in [1.165, 1.54) is 11.1 Å². The van der Waals surface area contributed by atoms with Gasteiger partial charge in [0.15, 0.2) is 11.8 Å². The van der Waals surface area contributed by atoms with E-state index in [9.17, 15) is 0 Å². The van der Waals surface area contributed by atoms with Gasteiger partial charge < -0.3 is 19.5 Å². The van der Waals surface area contributed by atoms with E-state index < -0.39 is 0 Å². The number of rotatable bonds is 6. The number of fused-ring (bicyclic) bond motifs is 1. The van der Waals surface area contributed by atoms with Gasteiger partial charge >= 0.3 is 0 Å². The van der Waals surface area contributed by atoms with Gasteiger partial charge in [0.25, 0.3) is 0 Å². The molecular weight excluding hydrogens is 467 g/mol. The van der Waals surface area contributed by atoms with Gasteiger partial charge in [-0.25, -0.2) is 4.99 Å². The van der Waals surface area contributed by atoms with Crippen LogP contribution in [-0.2, 0) is 26.6 Å². The Hall–Kier alpha value is -1.84. The predicted octanol–water partition coefficient (Wildman–Crippen LogP) is 3.05. The van der Waals surface area contributed by atoms with Gasteiger partial charge in [0.1, 0.15) is 18.1 Å². The van der Waals surface area contributed by atoms with Crippen LogP contribution in [0.25, 0.3) is 0 Å².